The first-order chi connectivity index (χ1) is 7.24. The van der Waals surface area contributed by atoms with Gasteiger partial charge in [0.2, 0.25) is 0 Å². The molecule has 4 heteroatoms. The highest BCUT2D eigenvalue weighted by Crippen LogP contribution is 2.23. The van der Waals surface area contributed by atoms with E-state index in [1.165, 1.54) is 24.3 Å². The normalized spacial score (nSPS) is 21.3. The Morgan fingerprint density at radius 3 is 2.93 bits per heavy atom. The first-order valence-corrected chi connectivity index (χ1v) is 6.58. The molecular formula is C11H13ClFNS. The second kappa shape index (κ2) is 5.08. The van der Waals surface area contributed by atoms with Crippen LogP contribution < -0.4 is 5.32 Å². The van der Waals surface area contributed by atoms with E-state index in [0.717, 1.165) is 17.9 Å². The van der Waals surface area contributed by atoms with Crippen LogP contribution >= 0.6 is 23.4 Å². The molecule has 1 saturated heterocycles. The van der Waals surface area contributed by atoms with Crippen LogP contribution in [0.1, 0.15) is 12.8 Å². The summed E-state index contributed by atoms with van der Waals surface area (Å²) >= 11 is 7.72. The molecule has 2 rings (SSSR count). The minimum Gasteiger partial charge on any atom is -0.381 e. The third-order valence-corrected chi connectivity index (χ3v) is 3.83. The van der Waals surface area contributed by atoms with Gasteiger partial charge in [-0.2, -0.15) is 11.8 Å². The largest absolute Gasteiger partial charge is 0.381 e. The number of benzene rings is 1. The van der Waals surface area contributed by atoms with Crippen LogP contribution in [0, 0.1) is 5.82 Å². The molecule has 0 spiro atoms. The lowest BCUT2D eigenvalue weighted by atomic mass is 10.1. The van der Waals surface area contributed by atoms with Crippen molar-refractivity contribution in [3.05, 3.63) is 29.0 Å². The van der Waals surface area contributed by atoms with Gasteiger partial charge >= 0.3 is 0 Å². The molecule has 1 aromatic carbocycles. The van der Waals surface area contributed by atoms with Gasteiger partial charge < -0.3 is 5.32 Å². The zero-order valence-electron chi connectivity index (χ0n) is 8.30. The summed E-state index contributed by atoms with van der Waals surface area (Å²) < 4.78 is 13.1. The number of hydrogen-bond acceptors (Lipinski definition) is 2. The third kappa shape index (κ3) is 3.28. The van der Waals surface area contributed by atoms with Gasteiger partial charge in [-0.05, 0) is 36.8 Å². The predicted molar refractivity (Wildman–Crippen MR) is 65.4 cm³/mol. The molecule has 0 bridgehead atoms. The van der Waals surface area contributed by atoms with E-state index in [1.807, 2.05) is 11.8 Å². The highest BCUT2D eigenvalue weighted by Gasteiger charge is 2.13. The van der Waals surface area contributed by atoms with Crippen molar-refractivity contribution in [1.29, 1.82) is 0 Å². The summed E-state index contributed by atoms with van der Waals surface area (Å²) in [5, 5.41) is 3.76. The molecule has 1 atom stereocenters. The molecule has 1 nitrogen and oxygen atoms in total. The fourth-order valence-electron chi connectivity index (χ4n) is 1.73. The Kier molecular flexibility index (Phi) is 3.76. The topological polar surface area (TPSA) is 12.0 Å². The monoisotopic (exact) mass is 245 g/mol. The number of nitrogens with one attached hydrogen (secondary N) is 1. The SMILES string of the molecule is Fc1cc(Cl)cc(NC2CCCSC2)c1. The summed E-state index contributed by atoms with van der Waals surface area (Å²) in [6.45, 7) is 0. The summed E-state index contributed by atoms with van der Waals surface area (Å²) in [6.07, 6.45) is 2.38. The van der Waals surface area contributed by atoms with Crippen LogP contribution in [0.15, 0.2) is 18.2 Å². The van der Waals surface area contributed by atoms with E-state index in [1.54, 1.807) is 6.07 Å². The van der Waals surface area contributed by atoms with Crippen molar-refractivity contribution in [3.63, 3.8) is 0 Å². The van der Waals surface area contributed by atoms with Gasteiger partial charge in [0.1, 0.15) is 5.82 Å². The van der Waals surface area contributed by atoms with Gasteiger partial charge in [-0.1, -0.05) is 11.6 Å². The van der Waals surface area contributed by atoms with Gasteiger partial charge in [0.15, 0.2) is 0 Å². The lowest BCUT2D eigenvalue weighted by molar-refractivity contribution is 0.627. The summed E-state index contributed by atoms with van der Waals surface area (Å²) in [6, 6.07) is 5.03. The molecule has 1 N–H and O–H groups in total. The van der Waals surface area contributed by atoms with Crippen molar-refractivity contribution in [2.75, 3.05) is 16.8 Å². The van der Waals surface area contributed by atoms with Gasteiger partial charge in [0.25, 0.3) is 0 Å². The molecule has 1 fully saturated rings. The van der Waals surface area contributed by atoms with Gasteiger partial charge in [0.05, 0.1) is 0 Å². The second-order valence-corrected chi connectivity index (χ2v) is 5.30. The van der Waals surface area contributed by atoms with E-state index < -0.39 is 0 Å². The van der Waals surface area contributed by atoms with Crippen molar-refractivity contribution in [1.82, 2.24) is 0 Å². The van der Waals surface area contributed by atoms with Crippen molar-refractivity contribution in [2.24, 2.45) is 0 Å². The van der Waals surface area contributed by atoms with Crippen LogP contribution in [0.4, 0.5) is 10.1 Å². The zero-order chi connectivity index (χ0) is 10.7. The van der Waals surface area contributed by atoms with Gasteiger partial charge in [-0.15, -0.1) is 0 Å². The third-order valence-electron chi connectivity index (χ3n) is 2.39. The number of thioether (sulfide) groups is 1. The Hall–Kier alpha value is -0.410. The molecule has 1 heterocycles. The first-order valence-electron chi connectivity index (χ1n) is 5.04. The molecule has 15 heavy (non-hydrogen) atoms. The average Bonchev–Trinajstić information content (AvgIpc) is 2.17. The van der Waals surface area contributed by atoms with Gasteiger partial charge in [-0.3, -0.25) is 0 Å². The van der Waals surface area contributed by atoms with Crippen LogP contribution in [0.3, 0.4) is 0 Å². The summed E-state index contributed by atoms with van der Waals surface area (Å²) in [5.74, 6) is 2.05. The molecular weight excluding hydrogens is 233 g/mol. The van der Waals surface area contributed by atoms with Crippen LogP contribution in [0.25, 0.3) is 0 Å². The van der Waals surface area contributed by atoms with Gasteiger partial charge in [0, 0.05) is 22.5 Å². The Bertz CT molecular complexity index is 319. The molecule has 1 unspecified atom stereocenters. The molecule has 0 amide bonds. The maximum atomic E-state index is 13.1. The summed E-state index contributed by atoms with van der Waals surface area (Å²) in [5.41, 5.74) is 0.785. The zero-order valence-corrected chi connectivity index (χ0v) is 9.87. The van der Waals surface area contributed by atoms with E-state index in [0.29, 0.717) is 11.1 Å². The van der Waals surface area contributed by atoms with Crippen molar-refractivity contribution in [3.8, 4) is 0 Å². The number of halogens is 2. The number of hydrogen-bond donors (Lipinski definition) is 1. The molecule has 1 aromatic rings. The predicted octanol–water partition coefficient (Wildman–Crippen LogP) is 3.79. The Morgan fingerprint density at radius 2 is 2.27 bits per heavy atom. The van der Waals surface area contributed by atoms with Crippen molar-refractivity contribution in [2.45, 2.75) is 18.9 Å². The van der Waals surface area contributed by atoms with Crippen LogP contribution in [-0.4, -0.2) is 17.5 Å². The second-order valence-electron chi connectivity index (χ2n) is 3.72. The Morgan fingerprint density at radius 1 is 1.40 bits per heavy atom. The van der Waals surface area contributed by atoms with E-state index in [9.17, 15) is 4.39 Å². The minimum atomic E-state index is -0.284. The molecule has 1 aliphatic heterocycles. The van der Waals surface area contributed by atoms with Gasteiger partial charge in [-0.25, -0.2) is 4.39 Å². The fraction of sp³-hybridized carbons (Fsp3) is 0.455. The molecule has 82 valence electrons. The Labute approximate surface area is 98.4 Å². The molecule has 0 aliphatic carbocycles. The molecule has 0 saturated carbocycles. The molecule has 1 aliphatic rings. The molecule has 0 aromatic heterocycles. The van der Waals surface area contributed by atoms with E-state index in [-0.39, 0.29) is 5.82 Å². The van der Waals surface area contributed by atoms with Crippen molar-refractivity contribution >= 4 is 29.1 Å². The van der Waals surface area contributed by atoms with E-state index in [2.05, 4.69) is 5.32 Å². The molecule has 0 radical (unpaired) electrons. The quantitative estimate of drug-likeness (QED) is 0.851. The van der Waals surface area contributed by atoms with E-state index in [4.69, 9.17) is 11.6 Å². The van der Waals surface area contributed by atoms with E-state index >= 15 is 0 Å². The first kappa shape index (κ1) is 11.1. The summed E-state index contributed by atoms with van der Waals surface area (Å²) in [7, 11) is 0. The summed E-state index contributed by atoms with van der Waals surface area (Å²) in [4.78, 5) is 0. The maximum Gasteiger partial charge on any atom is 0.126 e. The fourth-order valence-corrected chi connectivity index (χ4v) is 3.02. The van der Waals surface area contributed by atoms with Crippen molar-refractivity contribution < 1.29 is 4.39 Å². The highest BCUT2D eigenvalue weighted by atomic mass is 35.5. The average molecular weight is 246 g/mol. The van der Waals surface area contributed by atoms with Crippen LogP contribution in [0.2, 0.25) is 5.02 Å². The van der Waals surface area contributed by atoms with Crippen LogP contribution in [-0.2, 0) is 0 Å². The standard InChI is InChI=1S/C11H13ClFNS/c12-8-4-9(13)6-11(5-8)14-10-2-1-3-15-7-10/h4-6,10,14H,1-3,7H2. The highest BCUT2D eigenvalue weighted by molar-refractivity contribution is 7.99. The lowest BCUT2D eigenvalue weighted by Crippen LogP contribution is -2.25. The maximum absolute atomic E-state index is 13.1. The number of anilines is 1. The Balaban J connectivity index is 2.02. The van der Waals surface area contributed by atoms with Crippen LogP contribution in [0.5, 0.6) is 0 Å². The number of rotatable bonds is 2. The minimum absolute atomic E-state index is 0.284. The smallest absolute Gasteiger partial charge is 0.126 e. The lowest BCUT2D eigenvalue weighted by Gasteiger charge is -2.23.